The number of halogens is 4. The molecule has 0 bridgehead atoms. The molecule has 4 nitrogen and oxygen atoms in total. The standard InChI is InChI=1S/C15H19F4NO3/c1-14(2,3)23-13(21)20-8-9-4-6-10(7-5-9)15(22,11(16)17)12(18)19/h4-7,11-12,22H,8H2,1-3H3,(H,20,21). The highest BCUT2D eigenvalue weighted by molar-refractivity contribution is 5.67. The Morgan fingerprint density at radius 3 is 2.00 bits per heavy atom. The molecule has 0 aromatic heterocycles. The van der Waals surface area contributed by atoms with E-state index in [1.54, 1.807) is 20.8 Å². The van der Waals surface area contributed by atoms with Crippen LogP contribution in [0.2, 0.25) is 0 Å². The zero-order valence-electron chi connectivity index (χ0n) is 12.9. The number of hydrogen-bond donors (Lipinski definition) is 2. The van der Waals surface area contributed by atoms with Crippen LogP contribution in [-0.4, -0.2) is 29.7 Å². The van der Waals surface area contributed by atoms with Crippen molar-refractivity contribution in [3.8, 4) is 0 Å². The average Bonchev–Trinajstić information content (AvgIpc) is 2.42. The predicted molar refractivity (Wildman–Crippen MR) is 75.4 cm³/mol. The monoisotopic (exact) mass is 337 g/mol. The van der Waals surface area contributed by atoms with Crippen molar-refractivity contribution in [1.29, 1.82) is 0 Å². The van der Waals surface area contributed by atoms with Crippen LogP contribution in [0.4, 0.5) is 22.4 Å². The van der Waals surface area contributed by atoms with Gasteiger partial charge in [-0.1, -0.05) is 24.3 Å². The van der Waals surface area contributed by atoms with Crippen molar-refractivity contribution in [2.75, 3.05) is 0 Å². The summed E-state index contributed by atoms with van der Waals surface area (Å²) in [5, 5.41) is 11.9. The van der Waals surface area contributed by atoms with Gasteiger partial charge < -0.3 is 15.2 Å². The molecule has 0 unspecified atom stereocenters. The molecule has 0 spiro atoms. The highest BCUT2D eigenvalue weighted by Crippen LogP contribution is 2.34. The number of amides is 1. The second-order valence-electron chi connectivity index (χ2n) is 5.98. The van der Waals surface area contributed by atoms with Gasteiger partial charge in [0.1, 0.15) is 5.60 Å². The minimum Gasteiger partial charge on any atom is -0.444 e. The van der Waals surface area contributed by atoms with Crippen LogP contribution in [0.25, 0.3) is 0 Å². The van der Waals surface area contributed by atoms with Gasteiger partial charge in [0.15, 0.2) is 0 Å². The minimum atomic E-state index is -3.63. The fourth-order valence-corrected chi connectivity index (χ4v) is 1.73. The Labute approximate surface area is 131 Å². The maximum absolute atomic E-state index is 12.7. The van der Waals surface area contributed by atoms with Crippen molar-refractivity contribution in [2.45, 2.75) is 51.4 Å². The smallest absolute Gasteiger partial charge is 0.407 e. The fraction of sp³-hybridized carbons (Fsp3) is 0.533. The van der Waals surface area contributed by atoms with Gasteiger partial charge in [-0.25, -0.2) is 22.4 Å². The summed E-state index contributed by atoms with van der Waals surface area (Å²) in [5.74, 6) is 0. The Hall–Kier alpha value is -1.83. The predicted octanol–water partition coefficient (Wildman–Crippen LogP) is 3.43. The number of rotatable bonds is 5. The number of aliphatic hydroxyl groups is 1. The van der Waals surface area contributed by atoms with Crippen LogP contribution in [0, 0.1) is 0 Å². The fourth-order valence-electron chi connectivity index (χ4n) is 1.73. The molecule has 1 aromatic carbocycles. The van der Waals surface area contributed by atoms with Crippen LogP contribution in [0.3, 0.4) is 0 Å². The number of hydrogen-bond acceptors (Lipinski definition) is 3. The van der Waals surface area contributed by atoms with Gasteiger partial charge in [0.05, 0.1) is 0 Å². The molecule has 8 heteroatoms. The molecule has 23 heavy (non-hydrogen) atoms. The topological polar surface area (TPSA) is 58.6 Å². The number of ether oxygens (including phenoxy) is 1. The van der Waals surface area contributed by atoms with Crippen LogP contribution in [0.15, 0.2) is 24.3 Å². The summed E-state index contributed by atoms with van der Waals surface area (Å²) in [6, 6.07) is 4.49. The molecule has 0 saturated carbocycles. The molecule has 0 radical (unpaired) electrons. The van der Waals surface area contributed by atoms with Gasteiger partial charge in [-0.05, 0) is 31.9 Å². The second-order valence-corrected chi connectivity index (χ2v) is 5.98. The summed E-state index contributed by atoms with van der Waals surface area (Å²) in [7, 11) is 0. The first kappa shape index (κ1) is 19.2. The van der Waals surface area contributed by atoms with Crippen molar-refractivity contribution in [1.82, 2.24) is 5.32 Å². The molecule has 2 N–H and O–H groups in total. The molecule has 0 aliphatic rings. The van der Waals surface area contributed by atoms with Crippen molar-refractivity contribution in [3.63, 3.8) is 0 Å². The van der Waals surface area contributed by atoms with Crippen molar-refractivity contribution in [2.24, 2.45) is 0 Å². The van der Waals surface area contributed by atoms with E-state index in [9.17, 15) is 27.5 Å². The van der Waals surface area contributed by atoms with E-state index in [2.05, 4.69) is 5.32 Å². The third-order valence-electron chi connectivity index (χ3n) is 2.92. The molecular formula is C15H19F4NO3. The molecule has 1 amide bonds. The number of benzene rings is 1. The SMILES string of the molecule is CC(C)(C)OC(=O)NCc1ccc(C(O)(C(F)F)C(F)F)cc1. The number of carbonyl (C=O) groups is 1. The third-order valence-corrected chi connectivity index (χ3v) is 2.92. The Kier molecular flexibility index (Phi) is 5.98. The van der Waals surface area contributed by atoms with Crippen LogP contribution in [-0.2, 0) is 16.9 Å². The summed E-state index contributed by atoms with van der Waals surface area (Å²) < 4.78 is 55.9. The first-order valence-corrected chi connectivity index (χ1v) is 6.81. The molecule has 0 aliphatic carbocycles. The molecule has 1 aromatic rings. The summed E-state index contributed by atoms with van der Waals surface area (Å²) >= 11 is 0. The van der Waals surface area contributed by atoms with Gasteiger partial charge in [-0.3, -0.25) is 0 Å². The van der Waals surface area contributed by atoms with E-state index in [0.29, 0.717) is 5.56 Å². The van der Waals surface area contributed by atoms with Crippen LogP contribution >= 0.6 is 0 Å². The first-order valence-electron chi connectivity index (χ1n) is 6.81. The molecule has 130 valence electrons. The quantitative estimate of drug-likeness (QED) is 0.810. The van der Waals surface area contributed by atoms with Gasteiger partial charge in [0.25, 0.3) is 12.9 Å². The zero-order chi connectivity index (χ0) is 17.8. The van der Waals surface area contributed by atoms with E-state index in [-0.39, 0.29) is 6.54 Å². The Morgan fingerprint density at radius 2 is 1.61 bits per heavy atom. The number of carbonyl (C=O) groups excluding carboxylic acids is 1. The Bertz CT molecular complexity index is 519. The van der Waals surface area contributed by atoms with E-state index in [0.717, 1.165) is 12.1 Å². The van der Waals surface area contributed by atoms with Gasteiger partial charge in [-0.15, -0.1) is 0 Å². The molecule has 0 saturated heterocycles. The van der Waals surface area contributed by atoms with Crippen LogP contribution in [0.5, 0.6) is 0 Å². The first-order chi connectivity index (χ1) is 10.5. The normalized spacial score (nSPS) is 12.6. The lowest BCUT2D eigenvalue weighted by molar-refractivity contribution is -0.183. The third kappa shape index (κ3) is 5.09. The average molecular weight is 337 g/mol. The highest BCUT2D eigenvalue weighted by Gasteiger charge is 2.48. The maximum Gasteiger partial charge on any atom is 0.407 e. The molecule has 0 heterocycles. The van der Waals surface area contributed by atoms with Crippen LogP contribution < -0.4 is 5.32 Å². The van der Waals surface area contributed by atoms with Crippen molar-refractivity contribution >= 4 is 6.09 Å². The van der Waals surface area contributed by atoms with E-state index in [1.807, 2.05) is 0 Å². The lowest BCUT2D eigenvalue weighted by Gasteiger charge is -2.26. The van der Waals surface area contributed by atoms with E-state index < -0.39 is 35.7 Å². The number of alkyl carbamates (subject to hydrolysis) is 1. The highest BCUT2D eigenvalue weighted by atomic mass is 19.3. The van der Waals surface area contributed by atoms with E-state index in [4.69, 9.17) is 4.74 Å². The lowest BCUT2D eigenvalue weighted by Crippen LogP contribution is -2.41. The van der Waals surface area contributed by atoms with Crippen molar-refractivity contribution in [3.05, 3.63) is 35.4 Å². The number of alkyl halides is 4. The summed E-state index contributed by atoms with van der Waals surface area (Å²) in [4.78, 5) is 11.5. The van der Waals surface area contributed by atoms with Gasteiger partial charge >= 0.3 is 6.09 Å². The molecule has 0 atom stereocenters. The zero-order valence-corrected chi connectivity index (χ0v) is 12.9. The molecule has 0 aliphatic heterocycles. The Balaban J connectivity index is 2.76. The molecule has 0 fully saturated rings. The number of nitrogens with one attached hydrogen (secondary N) is 1. The summed E-state index contributed by atoms with van der Waals surface area (Å²) in [5.41, 5.74) is -4.30. The molecule has 1 rings (SSSR count). The maximum atomic E-state index is 12.7. The Morgan fingerprint density at radius 1 is 1.13 bits per heavy atom. The lowest BCUT2D eigenvalue weighted by atomic mass is 9.94. The summed E-state index contributed by atoms with van der Waals surface area (Å²) in [6.07, 6.45) is -7.93. The summed E-state index contributed by atoms with van der Waals surface area (Å²) in [6.45, 7) is 5.10. The van der Waals surface area contributed by atoms with Gasteiger partial charge in [0, 0.05) is 6.54 Å². The van der Waals surface area contributed by atoms with E-state index in [1.165, 1.54) is 12.1 Å². The van der Waals surface area contributed by atoms with Crippen LogP contribution in [0.1, 0.15) is 31.9 Å². The minimum absolute atomic E-state index is 0.0248. The van der Waals surface area contributed by atoms with Gasteiger partial charge in [-0.2, -0.15) is 0 Å². The van der Waals surface area contributed by atoms with Crippen molar-refractivity contribution < 1.29 is 32.2 Å². The largest absolute Gasteiger partial charge is 0.444 e. The second kappa shape index (κ2) is 7.16. The molecular weight excluding hydrogens is 318 g/mol. The van der Waals surface area contributed by atoms with Gasteiger partial charge in [0.2, 0.25) is 5.60 Å². The van der Waals surface area contributed by atoms with E-state index >= 15 is 0 Å².